The maximum Gasteiger partial charge on any atom is 0 e. The van der Waals surface area contributed by atoms with Gasteiger partial charge in [0, 0.05) is 42.1 Å². The molecule has 0 atom stereocenters. The van der Waals surface area contributed by atoms with Gasteiger partial charge in [-0.3, -0.25) is 0 Å². The first-order chi connectivity index (χ1) is 0. The van der Waals surface area contributed by atoms with Gasteiger partial charge in [0.25, 0.3) is 0 Å². The van der Waals surface area contributed by atoms with E-state index in [1.807, 2.05) is 0 Å². The molecule has 84 valence electrons. The Bertz CT molecular complexity index is 14.4. The molecule has 0 unspecified atom stereocenters. The smallest absolute Gasteiger partial charge is 0 e. The Morgan fingerprint density at radius 1 is 0.273 bits per heavy atom. The van der Waals surface area contributed by atoms with Crippen LogP contribution in [0.25, 0.3) is 0 Å². The van der Waals surface area contributed by atoms with Crippen LogP contribution < -0.4 is 12.3 Å². The Kier molecular flexibility index (Phi) is 137000. The van der Waals surface area contributed by atoms with Gasteiger partial charge in [0.15, 0.2) is 0 Å². The van der Waals surface area contributed by atoms with Gasteiger partial charge in [0.05, 0.1) is 0 Å². The van der Waals surface area contributed by atoms with Gasteiger partial charge in [-0.1, -0.05) is 0 Å². The van der Waals surface area contributed by atoms with Crippen molar-refractivity contribution >= 4 is 0 Å². The Labute approximate surface area is 92.8 Å². The van der Waals surface area contributed by atoms with Gasteiger partial charge in [-0.15, -0.1) is 0 Å². The first-order valence-corrected chi connectivity index (χ1v) is 0. The number of hydrogen-bond donors (Lipinski definition) is 2. The Morgan fingerprint density at radius 3 is 0.273 bits per heavy atom. The minimum Gasteiger partial charge on any atom is -0.412 e. The zero-order chi connectivity index (χ0) is 0. The van der Waals surface area contributed by atoms with Crippen LogP contribution in [0.3, 0.4) is 0 Å². The topological polar surface area (TPSA) is 294 Å². The molecular weight excluding hydrogens is 332 g/mol. The molecule has 11 heavy (non-hydrogen) atoms. The maximum atomic E-state index is 0. The summed E-state index contributed by atoms with van der Waals surface area (Å²) in [5.41, 5.74) is 0. The first-order valence-electron chi connectivity index (χ1n) is 0. The second-order valence-electron chi connectivity index (χ2n) is 0. The minimum absolute atomic E-state index is 0. The van der Waals surface area contributed by atoms with Crippen molar-refractivity contribution < 1.29 is 80.5 Å². The van der Waals surface area contributed by atoms with E-state index < -0.39 is 0 Å². The van der Waals surface area contributed by atoms with E-state index in [0.29, 0.717) is 0 Å². The van der Waals surface area contributed by atoms with Crippen LogP contribution in [0, 0.1) is 0 Å². The van der Waals surface area contributed by atoms with Crippen molar-refractivity contribution in [3.05, 3.63) is 0 Å². The summed E-state index contributed by atoms with van der Waals surface area (Å²) in [6.07, 6.45) is 0. The van der Waals surface area contributed by atoms with Crippen LogP contribution >= 0.6 is 0 Å². The summed E-state index contributed by atoms with van der Waals surface area (Å²) in [7, 11) is 0. The molecule has 0 heterocycles. The zero-order valence-electron chi connectivity index (χ0n) is 6.32. The molecule has 11 heteroatoms. The first kappa shape index (κ1) is 1410. The van der Waals surface area contributed by atoms with Crippen molar-refractivity contribution in [3.8, 4) is 0 Å². The predicted molar refractivity (Wildman–Crippen MR) is 37.3 cm³/mol. The summed E-state index contributed by atoms with van der Waals surface area (Å²) in [6, 6.07) is 0. The van der Waals surface area contributed by atoms with E-state index in [0.717, 1.165) is 0 Å². The summed E-state index contributed by atoms with van der Waals surface area (Å²) >= 11 is 0. The molecule has 0 spiro atoms. The normalized spacial score (nSPS) is 0. The van der Waals surface area contributed by atoms with Crippen LogP contribution in [0.15, 0.2) is 0 Å². The van der Waals surface area contributed by atoms with Crippen molar-refractivity contribution in [3.63, 3.8) is 0 Å². The quantitative estimate of drug-likeness (QED) is 0.386. The van der Waals surface area contributed by atoms with Crippen LogP contribution in [-0.4, -0.2) is 38.3 Å². The fourth-order valence-corrected chi connectivity index (χ4v) is 0. The molecule has 0 radical (unpaired) electrons. The van der Waals surface area contributed by atoms with E-state index in [2.05, 4.69) is 0 Å². The largest absolute Gasteiger partial charge is 0.412 e. The molecular formula is H22Mo2N2O7+2. The molecule has 0 saturated carbocycles. The summed E-state index contributed by atoms with van der Waals surface area (Å²) < 4.78 is 0. The van der Waals surface area contributed by atoms with Gasteiger partial charge in [-0.25, -0.2) is 0 Å². The van der Waals surface area contributed by atoms with Crippen molar-refractivity contribution in [2.45, 2.75) is 0 Å². The molecule has 0 rings (SSSR count). The maximum absolute atomic E-state index is 0. The van der Waals surface area contributed by atoms with Crippen LogP contribution in [-0.2, 0) is 42.1 Å². The molecule has 0 aromatic rings. The van der Waals surface area contributed by atoms with Crippen molar-refractivity contribution in [1.29, 1.82) is 0 Å². The third-order valence-corrected chi connectivity index (χ3v) is 0. The summed E-state index contributed by atoms with van der Waals surface area (Å²) in [4.78, 5) is 0. The number of rotatable bonds is 0. The van der Waals surface area contributed by atoms with E-state index in [1.165, 1.54) is 0 Å². The van der Waals surface area contributed by atoms with E-state index in [-0.39, 0.29) is 92.8 Å². The SMILES string of the molecule is O.O.O.O.O.O.O.[Mo].[Mo].[NH4+].[NH4+]. The average Bonchev–Trinajstić information content (AvgIpc) is 0. The molecule has 22 N–H and O–H groups in total. The minimum atomic E-state index is 0. The molecule has 9 nitrogen and oxygen atoms in total. The monoisotopic (exact) mass is 358 g/mol. The fraction of sp³-hybridized carbons (Fsp3) is 0. The molecule has 0 amide bonds. The molecule has 0 aromatic heterocycles. The van der Waals surface area contributed by atoms with Gasteiger partial charge in [0.1, 0.15) is 0 Å². The van der Waals surface area contributed by atoms with Gasteiger partial charge < -0.3 is 50.6 Å². The Morgan fingerprint density at radius 2 is 0.273 bits per heavy atom. The second-order valence-corrected chi connectivity index (χ2v) is 0. The third kappa shape index (κ3) is 867. The van der Waals surface area contributed by atoms with Crippen molar-refractivity contribution in [2.75, 3.05) is 0 Å². The zero-order valence-corrected chi connectivity index (χ0v) is 10.3. The van der Waals surface area contributed by atoms with Gasteiger partial charge in [-0.2, -0.15) is 0 Å². The fourth-order valence-electron chi connectivity index (χ4n) is 0. The van der Waals surface area contributed by atoms with Crippen molar-refractivity contribution in [1.82, 2.24) is 12.3 Å². The van der Waals surface area contributed by atoms with Crippen LogP contribution in [0.5, 0.6) is 0 Å². The predicted octanol–water partition coefficient (Wildman–Crippen LogP) is -5.03. The summed E-state index contributed by atoms with van der Waals surface area (Å²) in [5, 5.41) is 0. The van der Waals surface area contributed by atoms with Crippen LogP contribution in [0.2, 0.25) is 0 Å². The molecule has 0 bridgehead atoms. The number of quaternary nitrogens is 2. The molecule has 0 aliphatic carbocycles. The summed E-state index contributed by atoms with van der Waals surface area (Å²) in [5.74, 6) is 0. The van der Waals surface area contributed by atoms with E-state index in [1.54, 1.807) is 0 Å². The molecule has 0 saturated heterocycles. The molecule has 0 fully saturated rings. The molecule has 0 aliphatic heterocycles. The molecule has 0 aliphatic rings. The standard InChI is InChI=1S/2Mo.2H3N.7H2O/h;;2*1H3;7*1H2/p+2. The summed E-state index contributed by atoms with van der Waals surface area (Å²) in [6.45, 7) is 0. The average molecular weight is 354 g/mol. The molecule has 0 aromatic carbocycles. The van der Waals surface area contributed by atoms with Gasteiger partial charge in [0.2, 0.25) is 0 Å². The Balaban J connectivity index is 0. The van der Waals surface area contributed by atoms with Gasteiger partial charge >= 0.3 is 0 Å². The second kappa shape index (κ2) is 1070. The van der Waals surface area contributed by atoms with E-state index in [9.17, 15) is 0 Å². The Hall–Kier alpha value is 1.02. The third-order valence-electron chi connectivity index (χ3n) is 0. The number of hydrogen-bond acceptors (Lipinski definition) is 0. The van der Waals surface area contributed by atoms with Crippen LogP contribution in [0.4, 0.5) is 0 Å². The van der Waals surface area contributed by atoms with E-state index in [4.69, 9.17) is 0 Å². The van der Waals surface area contributed by atoms with Crippen molar-refractivity contribution in [2.24, 2.45) is 0 Å². The van der Waals surface area contributed by atoms with Gasteiger partial charge in [-0.05, 0) is 0 Å². The van der Waals surface area contributed by atoms with Crippen LogP contribution in [0.1, 0.15) is 0 Å². The van der Waals surface area contributed by atoms with E-state index >= 15 is 0 Å².